The van der Waals surface area contributed by atoms with Crippen molar-refractivity contribution in [1.82, 2.24) is 0 Å². The first-order chi connectivity index (χ1) is 9.10. The van der Waals surface area contributed by atoms with E-state index >= 15 is 0 Å². The zero-order valence-corrected chi connectivity index (χ0v) is 14.3. The van der Waals surface area contributed by atoms with E-state index in [1.807, 2.05) is 6.07 Å². The molecule has 0 heterocycles. The maximum atomic E-state index is 6.25. The van der Waals surface area contributed by atoms with Gasteiger partial charge in [-0.2, -0.15) is 0 Å². The van der Waals surface area contributed by atoms with Crippen molar-refractivity contribution in [1.29, 1.82) is 0 Å². The molecule has 0 radical (unpaired) electrons. The van der Waals surface area contributed by atoms with E-state index in [1.54, 1.807) is 7.11 Å². The lowest BCUT2D eigenvalue weighted by molar-refractivity contribution is 0.412. The van der Waals surface area contributed by atoms with E-state index in [1.165, 1.54) is 9.13 Å². The van der Waals surface area contributed by atoms with Crippen LogP contribution in [0, 0.1) is 3.57 Å². The minimum atomic E-state index is 0.0114. The molecule has 1 atom stereocenters. The molecule has 0 amide bonds. The molecule has 19 heavy (non-hydrogen) atoms. The smallest absolute Gasteiger partial charge is 0.133 e. The summed E-state index contributed by atoms with van der Waals surface area (Å²) in [6.07, 6.45) is 0.809. The molecule has 2 aromatic rings. The minimum absolute atomic E-state index is 0.0114. The van der Waals surface area contributed by atoms with Gasteiger partial charge in [-0.15, -0.1) is 0 Å². The molecule has 1 unspecified atom stereocenters. The Labute approximate surface area is 135 Å². The van der Waals surface area contributed by atoms with E-state index in [-0.39, 0.29) is 6.04 Å². The Morgan fingerprint density at radius 1 is 1.21 bits per heavy atom. The third-order valence-corrected chi connectivity index (χ3v) is 4.31. The average Bonchev–Trinajstić information content (AvgIpc) is 2.39. The highest BCUT2D eigenvalue weighted by atomic mass is 127. The zero-order chi connectivity index (χ0) is 13.8. The first kappa shape index (κ1) is 14.8. The Morgan fingerprint density at radius 2 is 1.89 bits per heavy atom. The van der Waals surface area contributed by atoms with Crippen molar-refractivity contribution < 1.29 is 4.74 Å². The van der Waals surface area contributed by atoms with Crippen molar-refractivity contribution in [2.75, 3.05) is 7.11 Å². The molecule has 0 aliphatic carbocycles. The number of ether oxygens (including phenoxy) is 1. The van der Waals surface area contributed by atoms with Gasteiger partial charge in [-0.1, -0.05) is 18.2 Å². The van der Waals surface area contributed by atoms with Gasteiger partial charge in [0.1, 0.15) is 5.75 Å². The molecule has 2 aromatic carbocycles. The molecule has 0 spiro atoms. The molecule has 0 fully saturated rings. The van der Waals surface area contributed by atoms with Crippen LogP contribution >= 0.6 is 38.5 Å². The van der Waals surface area contributed by atoms with E-state index in [0.717, 1.165) is 22.2 Å². The van der Waals surface area contributed by atoms with E-state index in [9.17, 15) is 0 Å². The Balaban J connectivity index is 2.12. The summed E-state index contributed by atoms with van der Waals surface area (Å²) in [7, 11) is 1.66. The zero-order valence-electron chi connectivity index (χ0n) is 10.6. The van der Waals surface area contributed by atoms with Crippen LogP contribution < -0.4 is 10.5 Å². The summed E-state index contributed by atoms with van der Waals surface area (Å²) in [5.41, 5.74) is 8.60. The molecule has 2 nitrogen and oxygen atoms in total. The Kier molecular flexibility index (Phi) is 5.24. The predicted octanol–water partition coefficient (Wildman–Crippen LogP) is 4.30. The average molecular weight is 432 g/mol. The number of benzene rings is 2. The summed E-state index contributed by atoms with van der Waals surface area (Å²) in [4.78, 5) is 0. The highest BCUT2D eigenvalue weighted by molar-refractivity contribution is 14.1. The summed E-state index contributed by atoms with van der Waals surface area (Å²) in [5.74, 6) is 0.839. The number of methoxy groups -OCH3 is 1. The van der Waals surface area contributed by atoms with Gasteiger partial charge in [0.15, 0.2) is 0 Å². The number of hydrogen-bond donors (Lipinski definition) is 1. The van der Waals surface area contributed by atoms with Gasteiger partial charge in [0.25, 0.3) is 0 Å². The van der Waals surface area contributed by atoms with Crippen molar-refractivity contribution in [3.05, 3.63) is 61.6 Å². The molecule has 0 bridgehead atoms. The van der Waals surface area contributed by atoms with Crippen LogP contribution in [0.25, 0.3) is 0 Å². The number of rotatable bonds is 4. The van der Waals surface area contributed by atoms with Gasteiger partial charge in [0.05, 0.1) is 11.6 Å². The normalized spacial score (nSPS) is 12.2. The van der Waals surface area contributed by atoms with E-state index in [4.69, 9.17) is 10.5 Å². The molecule has 100 valence electrons. The van der Waals surface area contributed by atoms with Gasteiger partial charge < -0.3 is 10.5 Å². The van der Waals surface area contributed by atoms with Crippen LogP contribution in [-0.4, -0.2) is 7.11 Å². The van der Waals surface area contributed by atoms with Crippen LogP contribution in [0.1, 0.15) is 17.2 Å². The van der Waals surface area contributed by atoms with Gasteiger partial charge in [-0.25, -0.2) is 0 Å². The molecule has 4 heteroatoms. The van der Waals surface area contributed by atoms with E-state index < -0.39 is 0 Å². The molecular formula is C15H15BrINO. The van der Waals surface area contributed by atoms with Crippen molar-refractivity contribution in [3.8, 4) is 5.75 Å². The fourth-order valence-corrected chi connectivity index (χ4v) is 2.87. The standard InChI is InChI=1S/C15H15BrINO/c1-19-15-7-2-10(8-13(15)16)9-14(18)11-3-5-12(17)6-4-11/h2-8,14H,9,18H2,1H3. The lowest BCUT2D eigenvalue weighted by Gasteiger charge is -2.13. The van der Waals surface area contributed by atoms with Crippen molar-refractivity contribution in [2.24, 2.45) is 5.73 Å². The van der Waals surface area contributed by atoms with Gasteiger partial charge in [0, 0.05) is 9.61 Å². The monoisotopic (exact) mass is 431 g/mol. The third kappa shape index (κ3) is 3.94. The summed E-state index contributed by atoms with van der Waals surface area (Å²) < 4.78 is 7.41. The van der Waals surface area contributed by atoms with Gasteiger partial charge in [0.2, 0.25) is 0 Å². The molecule has 0 aliphatic heterocycles. The summed E-state index contributed by atoms with van der Waals surface area (Å²) >= 11 is 5.79. The Morgan fingerprint density at radius 3 is 2.47 bits per heavy atom. The Bertz CT molecular complexity index is 557. The largest absolute Gasteiger partial charge is 0.496 e. The molecule has 0 saturated heterocycles. The fraction of sp³-hybridized carbons (Fsp3) is 0.200. The van der Waals surface area contributed by atoms with Crippen LogP contribution in [0.5, 0.6) is 5.75 Å². The molecule has 2 rings (SSSR count). The maximum absolute atomic E-state index is 6.25. The van der Waals surface area contributed by atoms with Crippen LogP contribution in [0.3, 0.4) is 0 Å². The molecule has 2 N–H and O–H groups in total. The van der Waals surface area contributed by atoms with Crippen LogP contribution in [-0.2, 0) is 6.42 Å². The quantitative estimate of drug-likeness (QED) is 0.732. The minimum Gasteiger partial charge on any atom is -0.496 e. The third-order valence-electron chi connectivity index (χ3n) is 2.97. The molecule has 0 saturated carbocycles. The van der Waals surface area contributed by atoms with Crippen molar-refractivity contribution >= 4 is 38.5 Å². The summed E-state index contributed by atoms with van der Waals surface area (Å²) in [6, 6.07) is 14.4. The second-order valence-corrected chi connectivity index (χ2v) is 6.43. The van der Waals surface area contributed by atoms with E-state index in [2.05, 4.69) is 74.9 Å². The SMILES string of the molecule is COc1ccc(CC(N)c2ccc(I)cc2)cc1Br. The summed E-state index contributed by atoms with van der Waals surface area (Å²) in [6.45, 7) is 0. The van der Waals surface area contributed by atoms with Crippen molar-refractivity contribution in [3.63, 3.8) is 0 Å². The number of hydrogen-bond acceptors (Lipinski definition) is 2. The molecule has 0 aliphatic rings. The second-order valence-electron chi connectivity index (χ2n) is 4.33. The first-order valence-electron chi connectivity index (χ1n) is 5.93. The van der Waals surface area contributed by atoms with Crippen molar-refractivity contribution in [2.45, 2.75) is 12.5 Å². The number of nitrogens with two attached hydrogens (primary N) is 1. The lowest BCUT2D eigenvalue weighted by atomic mass is 10.00. The summed E-state index contributed by atoms with van der Waals surface area (Å²) in [5, 5.41) is 0. The maximum Gasteiger partial charge on any atom is 0.133 e. The van der Waals surface area contributed by atoms with Gasteiger partial charge in [-0.05, 0) is 80.3 Å². The highest BCUT2D eigenvalue weighted by Crippen LogP contribution is 2.27. The van der Waals surface area contributed by atoms with Gasteiger partial charge >= 0.3 is 0 Å². The van der Waals surface area contributed by atoms with Crippen LogP contribution in [0.2, 0.25) is 0 Å². The Hall–Kier alpha value is -0.590. The van der Waals surface area contributed by atoms with Crippen LogP contribution in [0.15, 0.2) is 46.9 Å². The molecular weight excluding hydrogens is 417 g/mol. The first-order valence-corrected chi connectivity index (χ1v) is 7.81. The second kappa shape index (κ2) is 6.72. The van der Waals surface area contributed by atoms with Crippen LogP contribution in [0.4, 0.5) is 0 Å². The van der Waals surface area contributed by atoms with E-state index in [0.29, 0.717) is 0 Å². The number of halogens is 2. The molecule has 0 aromatic heterocycles. The highest BCUT2D eigenvalue weighted by Gasteiger charge is 2.09. The van der Waals surface area contributed by atoms with Gasteiger partial charge in [-0.3, -0.25) is 0 Å². The lowest BCUT2D eigenvalue weighted by Crippen LogP contribution is -2.13. The predicted molar refractivity (Wildman–Crippen MR) is 90.5 cm³/mol. The topological polar surface area (TPSA) is 35.2 Å². The fourth-order valence-electron chi connectivity index (χ4n) is 1.92.